The fourth-order valence-corrected chi connectivity index (χ4v) is 5.71. The molecule has 1 aromatic heterocycles. The maximum Gasteiger partial charge on any atom is 0.241 e. The van der Waals surface area contributed by atoms with Crippen molar-refractivity contribution in [2.75, 3.05) is 30.6 Å². The van der Waals surface area contributed by atoms with E-state index in [4.69, 9.17) is 0 Å². The van der Waals surface area contributed by atoms with Crippen molar-refractivity contribution in [1.29, 1.82) is 0 Å². The van der Waals surface area contributed by atoms with Crippen LogP contribution in [0.5, 0.6) is 0 Å². The van der Waals surface area contributed by atoms with Gasteiger partial charge in [0.05, 0.1) is 22.9 Å². The van der Waals surface area contributed by atoms with Gasteiger partial charge >= 0.3 is 0 Å². The van der Waals surface area contributed by atoms with Crippen LogP contribution in [0.3, 0.4) is 0 Å². The number of sulfonamides is 1. The standard InChI is InChI=1S/C19H25N5O3S2/c1-19(8-9-19)22-29(26,27)14-5-6-15-16(10-14)24(12-23(15)3)18-21-11-13(28-18)4-7-17(25)20-2/h5-6,10-11,22H,4,7-9,12H2,1-3H3,(H,20,25). The Morgan fingerprint density at radius 3 is 2.76 bits per heavy atom. The average molecular weight is 436 g/mol. The molecule has 0 saturated heterocycles. The Morgan fingerprint density at radius 1 is 1.31 bits per heavy atom. The van der Waals surface area contributed by atoms with Crippen LogP contribution in [0.1, 0.15) is 31.1 Å². The summed E-state index contributed by atoms with van der Waals surface area (Å²) in [6.07, 6.45) is 4.57. The summed E-state index contributed by atoms with van der Waals surface area (Å²) in [5.41, 5.74) is 1.47. The van der Waals surface area contributed by atoms with Crippen molar-refractivity contribution in [2.24, 2.45) is 0 Å². The summed E-state index contributed by atoms with van der Waals surface area (Å²) in [6, 6.07) is 5.22. The lowest BCUT2D eigenvalue weighted by molar-refractivity contribution is -0.120. The number of rotatable bonds is 7. The highest BCUT2D eigenvalue weighted by Gasteiger charge is 2.41. The number of aromatic nitrogens is 1. The van der Waals surface area contributed by atoms with Gasteiger partial charge in [0, 0.05) is 37.1 Å². The fourth-order valence-electron chi connectivity index (χ4n) is 3.31. The van der Waals surface area contributed by atoms with Crippen LogP contribution in [0.25, 0.3) is 0 Å². The third-order valence-corrected chi connectivity index (χ3v) is 8.06. The minimum atomic E-state index is -3.57. The monoisotopic (exact) mass is 435 g/mol. The number of nitrogens with one attached hydrogen (secondary N) is 2. The van der Waals surface area contributed by atoms with E-state index in [-0.39, 0.29) is 16.3 Å². The molecule has 2 aliphatic rings. The van der Waals surface area contributed by atoms with E-state index in [0.717, 1.165) is 34.2 Å². The molecular formula is C19H25N5O3S2. The molecule has 2 heterocycles. The Kier molecular flexibility index (Phi) is 5.04. The minimum Gasteiger partial charge on any atom is -0.359 e. The van der Waals surface area contributed by atoms with Gasteiger partial charge in [0.1, 0.15) is 0 Å². The number of amides is 1. The van der Waals surface area contributed by atoms with Crippen LogP contribution in [0.2, 0.25) is 0 Å². The number of hydrogen-bond donors (Lipinski definition) is 2. The average Bonchev–Trinajstić information content (AvgIpc) is 3.09. The third-order valence-electron chi connectivity index (χ3n) is 5.34. The molecule has 0 atom stereocenters. The molecule has 1 amide bonds. The number of carbonyl (C=O) groups is 1. The zero-order chi connectivity index (χ0) is 20.8. The molecular weight excluding hydrogens is 410 g/mol. The first-order chi connectivity index (χ1) is 13.7. The Hall–Kier alpha value is -2.17. The molecule has 1 saturated carbocycles. The highest BCUT2D eigenvalue weighted by Crippen LogP contribution is 2.43. The van der Waals surface area contributed by atoms with Crippen molar-refractivity contribution in [3.63, 3.8) is 0 Å². The van der Waals surface area contributed by atoms with Gasteiger partial charge in [-0.3, -0.25) is 9.69 Å². The molecule has 10 heteroatoms. The maximum absolute atomic E-state index is 12.8. The largest absolute Gasteiger partial charge is 0.359 e. The molecule has 0 radical (unpaired) electrons. The lowest BCUT2D eigenvalue weighted by Crippen LogP contribution is -2.34. The maximum atomic E-state index is 12.8. The van der Waals surface area contributed by atoms with Crippen molar-refractivity contribution in [3.05, 3.63) is 29.3 Å². The van der Waals surface area contributed by atoms with Gasteiger partial charge in [-0.15, -0.1) is 11.3 Å². The zero-order valence-corrected chi connectivity index (χ0v) is 18.4. The molecule has 8 nitrogen and oxygen atoms in total. The zero-order valence-electron chi connectivity index (χ0n) is 16.7. The van der Waals surface area contributed by atoms with Gasteiger partial charge in [-0.25, -0.2) is 18.1 Å². The number of anilines is 3. The second-order valence-corrected chi connectivity index (χ2v) is 10.6. The number of aryl methyl sites for hydroxylation is 1. The second kappa shape index (κ2) is 7.26. The number of thiazole rings is 1. The van der Waals surface area contributed by atoms with Gasteiger partial charge in [-0.2, -0.15) is 0 Å². The van der Waals surface area contributed by atoms with Gasteiger partial charge < -0.3 is 10.2 Å². The van der Waals surface area contributed by atoms with E-state index in [2.05, 4.69) is 19.9 Å². The number of nitrogens with zero attached hydrogens (tertiary/aromatic N) is 3. The molecule has 0 spiro atoms. The van der Waals surface area contributed by atoms with Crippen molar-refractivity contribution >= 4 is 43.8 Å². The summed E-state index contributed by atoms with van der Waals surface area (Å²) >= 11 is 1.52. The number of fused-ring (bicyclic) bond motifs is 1. The quantitative estimate of drug-likeness (QED) is 0.692. The van der Waals surface area contributed by atoms with E-state index in [1.807, 2.05) is 24.9 Å². The molecule has 1 fully saturated rings. The first kappa shape index (κ1) is 20.1. The Morgan fingerprint density at radius 2 is 2.07 bits per heavy atom. The summed E-state index contributed by atoms with van der Waals surface area (Å²) in [7, 11) is 0.0227. The van der Waals surface area contributed by atoms with Gasteiger partial charge in [-0.05, 0) is 44.4 Å². The molecule has 1 aliphatic carbocycles. The first-order valence-electron chi connectivity index (χ1n) is 9.53. The van der Waals surface area contributed by atoms with Gasteiger partial charge in [0.25, 0.3) is 0 Å². The van der Waals surface area contributed by atoms with E-state index in [9.17, 15) is 13.2 Å². The minimum absolute atomic E-state index is 0.00194. The fraction of sp³-hybridized carbons (Fsp3) is 0.474. The number of hydrogen-bond acceptors (Lipinski definition) is 7. The van der Waals surface area contributed by atoms with E-state index in [0.29, 0.717) is 19.5 Å². The topological polar surface area (TPSA) is 94.6 Å². The van der Waals surface area contributed by atoms with Crippen LogP contribution in [0, 0.1) is 0 Å². The van der Waals surface area contributed by atoms with Crippen molar-refractivity contribution < 1.29 is 13.2 Å². The number of carbonyl (C=O) groups excluding carboxylic acids is 1. The first-order valence-corrected chi connectivity index (χ1v) is 11.8. The van der Waals surface area contributed by atoms with Crippen molar-refractivity contribution in [2.45, 2.75) is 43.0 Å². The molecule has 0 unspecified atom stereocenters. The molecule has 156 valence electrons. The number of benzene rings is 1. The van der Waals surface area contributed by atoms with E-state index in [1.165, 1.54) is 11.3 Å². The summed E-state index contributed by atoms with van der Waals surface area (Å²) < 4.78 is 28.4. The lowest BCUT2D eigenvalue weighted by Gasteiger charge is -2.16. The summed E-state index contributed by atoms with van der Waals surface area (Å²) in [6.45, 7) is 2.51. The van der Waals surface area contributed by atoms with Crippen LogP contribution >= 0.6 is 11.3 Å². The van der Waals surface area contributed by atoms with Crippen LogP contribution in [-0.2, 0) is 21.2 Å². The normalized spacial score (nSPS) is 17.3. The Balaban J connectivity index is 1.59. The summed E-state index contributed by atoms with van der Waals surface area (Å²) in [5.74, 6) is -0.00194. The highest BCUT2D eigenvalue weighted by atomic mass is 32.2. The van der Waals surface area contributed by atoms with Gasteiger partial charge in [0.15, 0.2) is 5.13 Å². The Labute approximate surface area is 175 Å². The molecule has 2 aromatic rings. The van der Waals surface area contributed by atoms with Crippen LogP contribution in [-0.4, -0.2) is 45.6 Å². The smallest absolute Gasteiger partial charge is 0.241 e. The lowest BCUT2D eigenvalue weighted by atomic mass is 10.2. The predicted octanol–water partition coefficient (Wildman–Crippen LogP) is 2.20. The third kappa shape index (κ3) is 4.10. The van der Waals surface area contributed by atoms with E-state index < -0.39 is 10.0 Å². The van der Waals surface area contributed by atoms with Gasteiger partial charge in [-0.1, -0.05) is 0 Å². The second-order valence-electron chi connectivity index (χ2n) is 7.87. The van der Waals surface area contributed by atoms with E-state index in [1.54, 1.807) is 25.4 Å². The van der Waals surface area contributed by atoms with E-state index >= 15 is 0 Å². The highest BCUT2D eigenvalue weighted by molar-refractivity contribution is 7.89. The molecule has 2 N–H and O–H groups in total. The predicted molar refractivity (Wildman–Crippen MR) is 114 cm³/mol. The molecule has 1 aromatic carbocycles. The van der Waals surface area contributed by atoms with Crippen LogP contribution in [0.4, 0.5) is 16.5 Å². The Bertz CT molecular complexity index is 1050. The van der Waals surface area contributed by atoms with Crippen LogP contribution < -0.4 is 19.8 Å². The molecule has 29 heavy (non-hydrogen) atoms. The molecule has 4 rings (SSSR count). The summed E-state index contributed by atoms with van der Waals surface area (Å²) in [5, 5.41) is 3.41. The summed E-state index contributed by atoms with van der Waals surface area (Å²) in [4.78, 5) is 21.4. The molecule has 0 bridgehead atoms. The van der Waals surface area contributed by atoms with Crippen LogP contribution in [0.15, 0.2) is 29.3 Å². The van der Waals surface area contributed by atoms with Crippen molar-refractivity contribution in [3.8, 4) is 0 Å². The van der Waals surface area contributed by atoms with Gasteiger partial charge in [0.2, 0.25) is 15.9 Å². The molecule has 1 aliphatic heterocycles. The van der Waals surface area contributed by atoms with Crippen molar-refractivity contribution in [1.82, 2.24) is 15.0 Å². The SMILES string of the molecule is CNC(=O)CCc1cnc(N2CN(C)c3ccc(S(=O)(=O)NC4(C)CC4)cc32)s1.